The lowest BCUT2D eigenvalue weighted by Gasteiger charge is -2.11. The van der Waals surface area contributed by atoms with Crippen LogP contribution in [0, 0.1) is 0 Å². The van der Waals surface area contributed by atoms with Crippen molar-refractivity contribution < 1.29 is 0 Å². The molecule has 4 aromatic heterocycles. The van der Waals surface area contributed by atoms with Gasteiger partial charge in [0.25, 0.3) is 0 Å². The summed E-state index contributed by atoms with van der Waals surface area (Å²) in [6.45, 7) is 0. The van der Waals surface area contributed by atoms with Gasteiger partial charge in [-0.1, -0.05) is 109 Å². The molecule has 0 fully saturated rings. The third-order valence-electron chi connectivity index (χ3n) is 9.15. The number of para-hydroxylation sites is 2. The van der Waals surface area contributed by atoms with Crippen LogP contribution < -0.4 is 0 Å². The molecule has 0 radical (unpaired) electrons. The Balaban J connectivity index is 1.22. The van der Waals surface area contributed by atoms with Crippen LogP contribution in [-0.2, 0) is 0 Å². The quantitative estimate of drug-likeness (QED) is 0.194. The molecule has 5 nitrogen and oxygen atoms in total. The summed E-state index contributed by atoms with van der Waals surface area (Å²) in [6, 6.07) is 48.7. The van der Waals surface area contributed by atoms with Gasteiger partial charge in [0.1, 0.15) is 0 Å². The van der Waals surface area contributed by atoms with Crippen molar-refractivity contribution in [3.05, 3.63) is 152 Å². The summed E-state index contributed by atoms with van der Waals surface area (Å²) in [5, 5.41) is 7.17. The summed E-state index contributed by atoms with van der Waals surface area (Å²) in [7, 11) is 0. The summed E-state index contributed by atoms with van der Waals surface area (Å²) in [6.07, 6.45) is 3.82. The Labute approximate surface area is 279 Å². The van der Waals surface area contributed by atoms with Crippen LogP contribution in [0.15, 0.2) is 152 Å². The maximum absolute atomic E-state index is 5.20. The van der Waals surface area contributed by atoms with Gasteiger partial charge in [-0.15, -0.1) is 11.3 Å². The van der Waals surface area contributed by atoms with Gasteiger partial charge in [0.05, 0.1) is 15.7 Å². The molecule has 6 heteroatoms. The van der Waals surface area contributed by atoms with Gasteiger partial charge in [0.15, 0.2) is 17.5 Å². The predicted octanol–water partition coefficient (Wildman–Crippen LogP) is 10.9. The maximum atomic E-state index is 5.20. The third-order valence-corrected chi connectivity index (χ3v) is 10.3. The Bertz CT molecular complexity index is 2840. The highest BCUT2D eigenvalue weighted by Gasteiger charge is 2.18. The van der Waals surface area contributed by atoms with Gasteiger partial charge in [0, 0.05) is 66.4 Å². The SMILES string of the molecule is c1ccc(-c2nc(-c3ccc4c5ccccc5n(-c5ccccc5)c4c3)nc(-c3cccc4c3ccc3c5ccncc5sc43)n2)cc1. The highest BCUT2D eigenvalue weighted by atomic mass is 32.1. The van der Waals surface area contributed by atoms with Gasteiger partial charge in [-0.3, -0.25) is 4.98 Å². The van der Waals surface area contributed by atoms with Crippen molar-refractivity contribution >= 4 is 64.1 Å². The van der Waals surface area contributed by atoms with Crippen LogP contribution >= 0.6 is 11.3 Å². The lowest BCUT2D eigenvalue weighted by atomic mass is 10.0. The smallest absolute Gasteiger partial charge is 0.164 e. The van der Waals surface area contributed by atoms with Crippen molar-refractivity contribution in [2.24, 2.45) is 0 Å². The number of hydrogen-bond acceptors (Lipinski definition) is 5. The summed E-state index contributed by atoms with van der Waals surface area (Å²) in [5.74, 6) is 1.93. The fraction of sp³-hybridized carbons (Fsp3) is 0. The normalized spacial score (nSPS) is 11.8. The zero-order valence-corrected chi connectivity index (χ0v) is 26.4. The van der Waals surface area contributed by atoms with Crippen molar-refractivity contribution in [1.29, 1.82) is 0 Å². The molecule has 0 aliphatic rings. The molecule has 224 valence electrons. The van der Waals surface area contributed by atoms with E-state index in [9.17, 15) is 0 Å². The molecule has 10 aromatic rings. The lowest BCUT2D eigenvalue weighted by Crippen LogP contribution is -2.01. The topological polar surface area (TPSA) is 56.5 Å². The zero-order chi connectivity index (χ0) is 31.6. The Morgan fingerprint density at radius 2 is 1.12 bits per heavy atom. The second-order valence-electron chi connectivity index (χ2n) is 11.9. The average Bonchev–Trinajstić information content (AvgIpc) is 3.71. The summed E-state index contributed by atoms with van der Waals surface area (Å²) in [5.41, 5.74) is 6.24. The van der Waals surface area contributed by atoms with Gasteiger partial charge in [-0.25, -0.2) is 15.0 Å². The van der Waals surface area contributed by atoms with Crippen LogP contribution in [0.5, 0.6) is 0 Å². The van der Waals surface area contributed by atoms with E-state index < -0.39 is 0 Å². The summed E-state index contributed by atoms with van der Waals surface area (Å²) >= 11 is 1.78. The minimum absolute atomic E-state index is 0.636. The second kappa shape index (κ2) is 10.7. The van der Waals surface area contributed by atoms with Crippen molar-refractivity contribution in [2.45, 2.75) is 0 Å². The average molecular weight is 632 g/mol. The van der Waals surface area contributed by atoms with Crippen molar-refractivity contribution in [3.63, 3.8) is 0 Å². The van der Waals surface area contributed by atoms with Crippen LogP contribution in [0.2, 0.25) is 0 Å². The van der Waals surface area contributed by atoms with Crippen molar-refractivity contribution in [3.8, 4) is 39.9 Å². The monoisotopic (exact) mass is 631 g/mol. The van der Waals surface area contributed by atoms with Gasteiger partial charge >= 0.3 is 0 Å². The van der Waals surface area contributed by atoms with Gasteiger partial charge < -0.3 is 4.57 Å². The van der Waals surface area contributed by atoms with Gasteiger partial charge in [-0.2, -0.15) is 0 Å². The maximum Gasteiger partial charge on any atom is 0.164 e. The largest absolute Gasteiger partial charge is 0.309 e. The highest BCUT2D eigenvalue weighted by molar-refractivity contribution is 7.26. The van der Waals surface area contributed by atoms with E-state index >= 15 is 0 Å². The number of hydrogen-bond donors (Lipinski definition) is 0. The van der Waals surface area contributed by atoms with E-state index in [1.165, 1.54) is 36.3 Å². The molecule has 0 saturated carbocycles. The minimum atomic E-state index is 0.636. The van der Waals surface area contributed by atoms with E-state index in [4.69, 9.17) is 15.0 Å². The number of benzene rings is 6. The number of thiophene rings is 1. The van der Waals surface area contributed by atoms with E-state index in [0.29, 0.717) is 17.5 Å². The molecule has 0 bridgehead atoms. The molecule has 0 amide bonds. The first-order valence-corrected chi connectivity index (χ1v) is 16.7. The van der Waals surface area contributed by atoms with Crippen LogP contribution in [0.3, 0.4) is 0 Å². The standard InChI is InChI=1S/C42H25N5S/c1-3-10-26(11-4-1)40-44-41(27-18-19-31-30-14-7-8-17-36(30)47(37(31)24-27)28-12-5-2-6-13-28)46-42(45-40)35-16-9-15-33-29(35)20-21-34-32-22-23-43-25-38(32)48-39(33)34/h1-25H. The molecule has 4 heterocycles. The van der Waals surface area contributed by atoms with E-state index in [-0.39, 0.29) is 0 Å². The number of rotatable bonds is 4. The number of fused-ring (bicyclic) bond motifs is 8. The molecule has 0 saturated heterocycles. The molecule has 0 N–H and O–H groups in total. The number of nitrogens with zero attached hydrogens (tertiary/aromatic N) is 5. The highest BCUT2D eigenvalue weighted by Crippen LogP contribution is 2.41. The zero-order valence-electron chi connectivity index (χ0n) is 25.6. The van der Waals surface area contributed by atoms with Gasteiger partial charge in [0.2, 0.25) is 0 Å². The Morgan fingerprint density at radius 1 is 0.458 bits per heavy atom. The molecular formula is C42H25N5S. The second-order valence-corrected chi connectivity index (χ2v) is 13.0. The molecule has 48 heavy (non-hydrogen) atoms. The van der Waals surface area contributed by atoms with E-state index in [0.717, 1.165) is 38.8 Å². The van der Waals surface area contributed by atoms with Crippen LogP contribution in [0.4, 0.5) is 0 Å². The van der Waals surface area contributed by atoms with E-state index in [2.05, 4.69) is 131 Å². The minimum Gasteiger partial charge on any atom is -0.309 e. The first-order valence-electron chi connectivity index (χ1n) is 15.9. The van der Waals surface area contributed by atoms with Gasteiger partial charge in [-0.05, 0) is 35.7 Å². The Kier molecular flexibility index (Phi) is 5.98. The Hall–Kier alpha value is -6.24. The molecule has 0 spiro atoms. The Morgan fingerprint density at radius 3 is 2.00 bits per heavy atom. The molecular weight excluding hydrogens is 607 g/mol. The van der Waals surface area contributed by atoms with Crippen molar-refractivity contribution in [2.75, 3.05) is 0 Å². The molecule has 0 unspecified atom stereocenters. The molecule has 6 aromatic carbocycles. The van der Waals surface area contributed by atoms with E-state index in [1.54, 1.807) is 11.3 Å². The molecule has 10 rings (SSSR count). The van der Waals surface area contributed by atoms with Crippen LogP contribution in [0.25, 0.3) is 92.6 Å². The predicted molar refractivity (Wildman–Crippen MR) is 199 cm³/mol. The first-order chi connectivity index (χ1) is 23.8. The molecule has 0 atom stereocenters. The van der Waals surface area contributed by atoms with E-state index in [1.807, 2.05) is 30.6 Å². The third kappa shape index (κ3) is 4.16. The number of pyridine rings is 1. The first kappa shape index (κ1) is 26.9. The summed E-state index contributed by atoms with van der Waals surface area (Å²) in [4.78, 5) is 19.7. The fourth-order valence-electron chi connectivity index (χ4n) is 6.95. The molecule has 0 aliphatic heterocycles. The van der Waals surface area contributed by atoms with Crippen molar-refractivity contribution in [1.82, 2.24) is 24.5 Å². The molecule has 0 aliphatic carbocycles. The fourth-order valence-corrected chi connectivity index (χ4v) is 8.15. The summed E-state index contributed by atoms with van der Waals surface area (Å²) < 4.78 is 4.75. The van der Waals surface area contributed by atoms with Crippen LogP contribution in [0.1, 0.15) is 0 Å². The van der Waals surface area contributed by atoms with Crippen LogP contribution in [-0.4, -0.2) is 24.5 Å². The lowest BCUT2D eigenvalue weighted by molar-refractivity contribution is 1.08. The number of aromatic nitrogens is 5.